The average Bonchev–Trinajstić information content (AvgIpc) is 3.50. The van der Waals surface area contributed by atoms with Crippen molar-refractivity contribution in [2.45, 2.75) is 71.6 Å². The third-order valence-electron chi connectivity index (χ3n) is 6.68. The molecule has 1 amide bonds. The maximum atomic E-state index is 13.7. The number of likely N-dealkylation sites (tertiary alicyclic amines) is 1. The quantitative estimate of drug-likeness (QED) is 0.221. The first-order valence-corrected chi connectivity index (χ1v) is 13.9. The summed E-state index contributed by atoms with van der Waals surface area (Å²) in [5.41, 5.74) is 5.81. The molecule has 7 nitrogen and oxygen atoms in total. The van der Waals surface area contributed by atoms with E-state index in [4.69, 9.17) is 14.5 Å². The summed E-state index contributed by atoms with van der Waals surface area (Å²) in [6, 6.07) is 12.0. The maximum Gasteiger partial charge on any atom is 0.420 e. The van der Waals surface area contributed by atoms with Crippen molar-refractivity contribution >= 4 is 28.1 Å². The van der Waals surface area contributed by atoms with Crippen molar-refractivity contribution in [3.63, 3.8) is 0 Å². The Morgan fingerprint density at radius 1 is 0.949 bits per heavy atom. The lowest BCUT2D eigenvalue weighted by molar-refractivity contribution is 0.0210. The average molecular weight is 593 g/mol. The van der Waals surface area contributed by atoms with Crippen LogP contribution < -0.4 is 0 Å². The molecule has 39 heavy (non-hydrogen) atoms. The molecule has 0 saturated carbocycles. The molecule has 0 radical (unpaired) electrons. The van der Waals surface area contributed by atoms with E-state index in [-0.39, 0.29) is 0 Å². The molecule has 0 spiro atoms. The smallest absolute Gasteiger partial charge is 0.420 e. The van der Waals surface area contributed by atoms with Crippen molar-refractivity contribution in [3.05, 3.63) is 76.2 Å². The molecule has 1 fully saturated rings. The molecule has 5 rings (SSSR count). The van der Waals surface area contributed by atoms with E-state index >= 15 is 0 Å². The van der Waals surface area contributed by atoms with E-state index < -0.39 is 29.4 Å². The van der Waals surface area contributed by atoms with Crippen LogP contribution in [0.5, 0.6) is 0 Å². The number of carbonyl (C=O) groups excluding carboxylic acids is 2. The van der Waals surface area contributed by atoms with Gasteiger partial charge in [-0.2, -0.15) is 0 Å². The van der Waals surface area contributed by atoms with E-state index in [1.807, 2.05) is 47.6 Å². The molecular formula is C31H34BrN3O4. The van der Waals surface area contributed by atoms with E-state index in [1.54, 1.807) is 11.1 Å². The van der Waals surface area contributed by atoms with Gasteiger partial charge in [-0.1, -0.05) is 46.3 Å². The topological polar surface area (TPSA) is 73.7 Å². The molecule has 1 aliphatic heterocycles. The molecule has 1 aromatic heterocycles. The number of fused-ring (bicyclic) bond motifs is 3. The van der Waals surface area contributed by atoms with Crippen LogP contribution in [0.3, 0.4) is 0 Å². The first kappa shape index (κ1) is 27.2. The number of halogens is 1. The Hall–Kier alpha value is -3.39. The third-order valence-corrected chi connectivity index (χ3v) is 7.18. The molecule has 204 valence electrons. The number of amides is 1. The van der Waals surface area contributed by atoms with Crippen molar-refractivity contribution in [1.29, 1.82) is 0 Å². The van der Waals surface area contributed by atoms with E-state index in [0.717, 1.165) is 22.0 Å². The van der Waals surface area contributed by atoms with Gasteiger partial charge in [0.25, 0.3) is 0 Å². The number of ether oxygens (including phenoxy) is 2. The van der Waals surface area contributed by atoms with Gasteiger partial charge in [0.15, 0.2) is 0 Å². The zero-order chi connectivity index (χ0) is 28.3. The highest BCUT2D eigenvalue weighted by atomic mass is 79.9. The summed E-state index contributed by atoms with van der Waals surface area (Å²) in [4.78, 5) is 33.1. The zero-order valence-electron chi connectivity index (χ0n) is 23.3. The van der Waals surface area contributed by atoms with E-state index in [1.165, 1.54) is 26.8 Å². The summed E-state index contributed by atoms with van der Waals surface area (Å²) in [6.45, 7) is 15.4. The normalized spacial score (nSPS) is 16.7. The Labute approximate surface area is 237 Å². The Balaban J connectivity index is 1.58. The number of imidazole rings is 1. The summed E-state index contributed by atoms with van der Waals surface area (Å²) in [5, 5.41) is 0. The number of hydrogen-bond acceptors (Lipinski definition) is 5. The van der Waals surface area contributed by atoms with Gasteiger partial charge in [0.1, 0.15) is 17.0 Å². The summed E-state index contributed by atoms with van der Waals surface area (Å²) in [5.74, 6) is 0.427. The van der Waals surface area contributed by atoms with Crippen LogP contribution in [0.15, 0.2) is 59.2 Å². The highest BCUT2D eigenvalue weighted by molar-refractivity contribution is 9.10. The van der Waals surface area contributed by atoms with Crippen molar-refractivity contribution < 1.29 is 19.1 Å². The molecule has 2 aromatic carbocycles. The van der Waals surface area contributed by atoms with Crippen molar-refractivity contribution in [2.24, 2.45) is 0 Å². The largest absolute Gasteiger partial charge is 0.444 e. The van der Waals surface area contributed by atoms with Gasteiger partial charge in [-0.05, 0) is 94.8 Å². The summed E-state index contributed by atoms with van der Waals surface area (Å²) in [6.07, 6.45) is 1.97. The minimum atomic E-state index is -0.715. The second kappa shape index (κ2) is 9.66. The van der Waals surface area contributed by atoms with Crippen molar-refractivity contribution in [1.82, 2.24) is 14.5 Å². The molecule has 1 saturated heterocycles. The van der Waals surface area contributed by atoms with Gasteiger partial charge < -0.3 is 9.47 Å². The monoisotopic (exact) mass is 591 g/mol. The Bertz CT molecular complexity index is 1490. The van der Waals surface area contributed by atoms with Crippen LogP contribution in [0.4, 0.5) is 9.59 Å². The SMILES string of the molecule is C=C1C[C@@H](c2ncc(-c3ccc4c(c3)Cc3cc(Br)ccc3-4)n2C(=O)OC(C)(C)C)N(C(=O)OC(C)(C)C)C1. The lowest BCUT2D eigenvalue weighted by atomic mass is 10.0. The molecule has 2 heterocycles. The molecule has 0 N–H and O–H groups in total. The van der Waals surface area contributed by atoms with Crippen molar-refractivity contribution in [3.8, 4) is 22.4 Å². The van der Waals surface area contributed by atoms with Gasteiger partial charge in [-0.15, -0.1) is 0 Å². The molecule has 3 aromatic rings. The van der Waals surface area contributed by atoms with Crippen LogP contribution in [0.25, 0.3) is 22.4 Å². The fourth-order valence-corrected chi connectivity index (χ4v) is 5.59. The first-order chi connectivity index (χ1) is 18.2. The second-order valence-corrected chi connectivity index (χ2v) is 13.2. The minimum Gasteiger partial charge on any atom is -0.444 e. The van der Waals surface area contributed by atoms with Crippen LogP contribution in [0, 0.1) is 0 Å². The molecule has 0 bridgehead atoms. The standard InChI is InChI=1S/C31H34BrN3O4/c1-18-12-25(34(17-18)28(36)38-30(2,3)4)27-33-16-26(35(27)29(37)39-31(5,6)7)19-8-10-23-20(13-19)14-21-15-22(32)9-11-24(21)23/h8-11,13,15-16,25H,1,12,14,17H2,2-7H3/t25-/m0/s1. The van der Waals surface area contributed by atoms with Crippen LogP contribution in [0.1, 0.15) is 71.0 Å². The molecule has 8 heteroatoms. The number of nitrogens with zero attached hydrogens (tertiary/aromatic N) is 3. The Kier molecular flexibility index (Phi) is 6.74. The fourth-order valence-electron chi connectivity index (χ4n) is 5.19. The highest BCUT2D eigenvalue weighted by Crippen LogP contribution is 2.41. The van der Waals surface area contributed by atoms with Gasteiger partial charge >= 0.3 is 12.2 Å². The lowest BCUT2D eigenvalue weighted by Gasteiger charge is -2.28. The van der Waals surface area contributed by atoms with Gasteiger partial charge in [-0.25, -0.2) is 19.1 Å². The molecule has 1 atom stereocenters. The summed E-state index contributed by atoms with van der Waals surface area (Å²) in [7, 11) is 0. The fraction of sp³-hybridized carbons (Fsp3) is 0.387. The van der Waals surface area contributed by atoms with Crippen LogP contribution in [-0.4, -0.2) is 44.4 Å². The Morgan fingerprint density at radius 2 is 1.56 bits per heavy atom. The molecular weight excluding hydrogens is 558 g/mol. The van der Waals surface area contributed by atoms with Gasteiger partial charge in [0.2, 0.25) is 0 Å². The highest BCUT2D eigenvalue weighted by Gasteiger charge is 2.39. The van der Waals surface area contributed by atoms with Crippen LogP contribution >= 0.6 is 15.9 Å². The number of benzene rings is 2. The van der Waals surface area contributed by atoms with E-state index in [0.29, 0.717) is 24.5 Å². The van der Waals surface area contributed by atoms with Gasteiger partial charge in [-0.3, -0.25) is 4.90 Å². The Morgan fingerprint density at radius 3 is 2.23 bits per heavy atom. The zero-order valence-corrected chi connectivity index (χ0v) is 24.9. The second-order valence-electron chi connectivity index (χ2n) is 12.2. The van der Waals surface area contributed by atoms with Crippen molar-refractivity contribution in [2.75, 3.05) is 6.54 Å². The van der Waals surface area contributed by atoms with E-state index in [9.17, 15) is 9.59 Å². The number of carbonyl (C=O) groups is 2. The predicted octanol–water partition coefficient (Wildman–Crippen LogP) is 7.91. The molecule has 2 aliphatic rings. The lowest BCUT2D eigenvalue weighted by Crippen LogP contribution is -2.38. The first-order valence-electron chi connectivity index (χ1n) is 13.1. The number of hydrogen-bond donors (Lipinski definition) is 0. The predicted molar refractivity (Wildman–Crippen MR) is 155 cm³/mol. The van der Waals surface area contributed by atoms with Crippen LogP contribution in [-0.2, 0) is 15.9 Å². The van der Waals surface area contributed by atoms with E-state index in [2.05, 4.69) is 52.8 Å². The number of aromatic nitrogens is 2. The van der Waals surface area contributed by atoms with Gasteiger partial charge in [0, 0.05) is 16.6 Å². The molecule has 1 aliphatic carbocycles. The van der Waals surface area contributed by atoms with Crippen LogP contribution in [0.2, 0.25) is 0 Å². The summed E-state index contributed by atoms with van der Waals surface area (Å²) < 4.78 is 14.1. The maximum absolute atomic E-state index is 13.7. The number of rotatable bonds is 2. The summed E-state index contributed by atoms with van der Waals surface area (Å²) >= 11 is 3.57. The third kappa shape index (κ3) is 5.53. The van der Waals surface area contributed by atoms with Gasteiger partial charge in [0.05, 0.1) is 17.9 Å². The molecule has 0 unspecified atom stereocenters. The minimum absolute atomic E-state index is 0.336.